The summed E-state index contributed by atoms with van der Waals surface area (Å²) in [6.45, 7) is 6.27. The molecule has 4 rings (SSSR count). The van der Waals surface area contributed by atoms with Crippen molar-refractivity contribution in [2.45, 2.75) is 39.5 Å². The minimum atomic E-state index is -0.173. The number of aryl methyl sites for hydroxylation is 1. The van der Waals surface area contributed by atoms with Crippen LogP contribution in [0.5, 0.6) is 17.2 Å². The molecule has 0 bridgehead atoms. The Hall–Kier alpha value is -2.69. The Morgan fingerprint density at radius 2 is 2.08 bits per heavy atom. The van der Waals surface area contributed by atoms with Crippen LogP contribution in [0.2, 0.25) is 0 Å². The summed E-state index contributed by atoms with van der Waals surface area (Å²) in [5.41, 5.74) is 3.86. The number of hydrogen-bond acceptors (Lipinski definition) is 5. The van der Waals surface area contributed by atoms with Gasteiger partial charge in [0.25, 0.3) is 0 Å². The minimum absolute atomic E-state index is 0.0798. The second-order valence-electron chi connectivity index (χ2n) is 7.30. The third-order valence-corrected chi connectivity index (χ3v) is 5.06. The topological polar surface area (TPSA) is 54.3 Å². The zero-order valence-electron chi connectivity index (χ0n) is 15.6. The van der Waals surface area contributed by atoms with E-state index in [1.54, 1.807) is 13.2 Å². The average molecular weight is 352 g/mol. The standard InChI is InChI=1S/C21H24N2O3/c1-12(2)21-23-17(14-6-5-7-19(25-4)20(14)26-21)11-16(22-23)15-10-13(3)8-9-18(15)24/h5-10,12,17,21,24H,11H2,1-4H3/t17-,21+/m0/s1. The van der Waals surface area contributed by atoms with Crippen molar-refractivity contribution in [3.05, 3.63) is 53.1 Å². The van der Waals surface area contributed by atoms with Gasteiger partial charge in [-0.3, -0.25) is 0 Å². The summed E-state index contributed by atoms with van der Waals surface area (Å²) in [4.78, 5) is 0. The summed E-state index contributed by atoms with van der Waals surface area (Å²) in [5, 5.41) is 17.2. The van der Waals surface area contributed by atoms with E-state index in [0.717, 1.165) is 40.3 Å². The fourth-order valence-electron chi connectivity index (χ4n) is 3.76. The van der Waals surface area contributed by atoms with Crippen molar-refractivity contribution < 1.29 is 14.6 Å². The maximum Gasteiger partial charge on any atom is 0.190 e. The number of ether oxygens (including phenoxy) is 2. The molecule has 2 aliphatic rings. The van der Waals surface area contributed by atoms with Crippen LogP contribution in [0.25, 0.3) is 0 Å². The molecule has 5 heteroatoms. The van der Waals surface area contributed by atoms with Crippen LogP contribution in [0.3, 0.4) is 0 Å². The molecule has 2 aromatic carbocycles. The molecular weight excluding hydrogens is 328 g/mol. The van der Waals surface area contributed by atoms with E-state index >= 15 is 0 Å². The Labute approximate surface area is 153 Å². The van der Waals surface area contributed by atoms with Crippen LogP contribution in [0, 0.1) is 12.8 Å². The summed E-state index contributed by atoms with van der Waals surface area (Å²) >= 11 is 0. The number of hydrazone groups is 1. The van der Waals surface area contributed by atoms with Crippen molar-refractivity contribution in [1.82, 2.24) is 5.01 Å². The zero-order chi connectivity index (χ0) is 18.4. The van der Waals surface area contributed by atoms with Gasteiger partial charge < -0.3 is 14.6 Å². The van der Waals surface area contributed by atoms with Crippen molar-refractivity contribution in [3.63, 3.8) is 0 Å². The smallest absolute Gasteiger partial charge is 0.190 e. The molecule has 26 heavy (non-hydrogen) atoms. The number of methoxy groups -OCH3 is 1. The highest BCUT2D eigenvalue weighted by molar-refractivity contribution is 6.04. The first kappa shape index (κ1) is 16.8. The number of fused-ring (bicyclic) bond motifs is 3. The maximum atomic E-state index is 10.3. The lowest BCUT2D eigenvalue weighted by atomic mass is 9.94. The number of phenols is 1. The molecular formula is C21H24N2O3. The predicted octanol–water partition coefficient (Wildman–Crippen LogP) is 4.23. The van der Waals surface area contributed by atoms with Crippen LogP contribution in [0.1, 0.15) is 43.0 Å². The summed E-state index contributed by atoms with van der Waals surface area (Å²) in [7, 11) is 1.66. The largest absolute Gasteiger partial charge is 0.507 e. The molecule has 0 aromatic heterocycles. The molecule has 0 aliphatic carbocycles. The number of phenolic OH excluding ortho intramolecular Hbond substituents is 1. The fraction of sp³-hybridized carbons (Fsp3) is 0.381. The Balaban J connectivity index is 1.80. The summed E-state index contributed by atoms with van der Waals surface area (Å²) in [5.74, 6) is 2.08. The Kier molecular flexibility index (Phi) is 4.02. The maximum absolute atomic E-state index is 10.3. The van der Waals surface area contributed by atoms with Gasteiger partial charge in [-0.25, -0.2) is 5.01 Å². The number of aromatic hydroxyl groups is 1. The molecule has 2 aromatic rings. The first-order valence-electron chi connectivity index (χ1n) is 8.99. The molecule has 0 radical (unpaired) electrons. The predicted molar refractivity (Wildman–Crippen MR) is 101 cm³/mol. The number of nitrogens with zero attached hydrogens (tertiary/aromatic N) is 2. The highest BCUT2D eigenvalue weighted by Crippen LogP contribution is 2.48. The summed E-state index contributed by atoms with van der Waals surface area (Å²) < 4.78 is 11.8. The SMILES string of the molecule is COc1cccc2c1O[C@H](C(C)C)N1N=C(c3cc(C)ccc3O)C[C@@H]21. The fourth-order valence-corrected chi connectivity index (χ4v) is 3.76. The van der Waals surface area contributed by atoms with Gasteiger partial charge in [-0.2, -0.15) is 5.10 Å². The molecule has 0 amide bonds. The molecule has 0 saturated carbocycles. The molecule has 2 aliphatic heterocycles. The normalized spacial score (nSPS) is 21.1. The monoisotopic (exact) mass is 352 g/mol. The quantitative estimate of drug-likeness (QED) is 0.898. The van der Waals surface area contributed by atoms with Crippen LogP contribution >= 0.6 is 0 Å². The third kappa shape index (κ3) is 2.59. The van der Waals surface area contributed by atoms with E-state index in [0.29, 0.717) is 0 Å². The number of benzene rings is 2. The lowest BCUT2D eigenvalue weighted by Gasteiger charge is -2.40. The van der Waals surface area contributed by atoms with Crippen LogP contribution in [-0.4, -0.2) is 29.2 Å². The van der Waals surface area contributed by atoms with Crippen LogP contribution in [-0.2, 0) is 0 Å². The van der Waals surface area contributed by atoms with Gasteiger partial charge in [0.05, 0.1) is 18.9 Å². The van der Waals surface area contributed by atoms with E-state index in [4.69, 9.17) is 14.6 Å². The van der Waals surface area contributed by atoms with Gasteiger partial charge in [-0.15, -0.1) is 0 Å². The third-order valence-electron chi connectivity index (χ3n) is 5.06. The van der Waals surface area contributed by atoms with Gasteiger partial charge >= 0.3 is 0 Å². The summed E-state index contributed by atoms with van der Waals surface area (Å²) in [6, 6.07) is 11.7. The van der Waals surface area contributed by atoms with Crippen molar-refractivity contribution in [1.29, 1.82) is 0 Å². The van der Waals surface area contributed by atoms with Crippen molar-refractivity contribution >= 4 is 5.71 Å². The van der Waals surface area contributed by atoms with Crippen LogP contribution in [0.4, 0.5) is 0 Å². The lowest BCUT2D eigenvalue weighted by Crippen LogP contribution is -2.43. The van der Waals surface area contributed by atoms with E-state index in [-0.39, 0.29) is 23.9 Å². The highest BCUT2D eigenvalue weighted by Gasteiger charge is 2.42. The Morgan fingerprint density at radius 3 is 2.81 bits per heavy atom. The van der Waals surface area contributed by atoms with Gasteiger partial charge in [0.1, 0.15) is 5.75 Å². The van der Waals surface area contributed by atoms with E-state index in [1.807, 2.05) is 36.2 Å². The van der Waals surface area contributed by atoms with E-state index < -0.39 is 0 Å². The van der Waals surface area contributed by atoms with Crippen molar-refractivity contribution in [2.75, 3.05) is 7.11 Å². The molecule has 2 heterocycles. The van der Waals surface area contributed by atoms with Crippen molar-refractivity contribution in [2.24, 2.45) is 11.0 Å². The molecule has 1 N–H and O–H groups in total. The average Bonchev–Trinajstić information content (AvgIpc) is 3.07. The number of hydrogen-bond donors (Lipinski definition) is 1. The lowest BCUT2D eigenvalue weighted by molar-refractivity contribution is -0.0476. The minimum Gasteiger partial charge on any atom is -0.507 e. The Bertz CT molecular complexity index is 876. The van der Waals surface area contributed by atoms with Crippen LogP contribution in [0.15, 0.2) is 41.5 Å². The van der Waals surface area contributed by atoms with Gasteiger partial charge in [-0.05, 0) is 25.1 Å². The Morgan fingerprint density at radius 1 is 1.27 bits per heavy atom. The molecule has 0 unspecified atom stereocenters. The van der Waals surface area contributed by atoms with Crippen LogP contribution < -0.4 is 9.47 Å². The van der Waals surface area contributed by atoms with E-state index in [2.05, 4.69) is 19.9 Å². The van der Waals surface area contributed by atoms with Crippen molar-refractivity contribution in [3.8, 4) is 17.2 Å². The molecule has 0 spiro atoms. The van der Waals surface area contributed by atoms with E-state index in [9.17, 15) is 5.11 Å². The second-order valence-corrected chi connectivity index (χ2v) is 7.30. The highest BCUT2D eigenvalue weighted by atomic mass is 16.5. The molecule has 136 valence electrons. The first-order chi connectivity index (χ1) is 12.5. The zero-order valence-corrected chi connectivity index (χ0v) is 15.6. The van der Waals surface area contributed by atoms with Gasteiger partial charge in [-0.1, -0.05) is 37.6 Å². The van der Waals surface area contributed by atoms with E-state index in [1.165, 1.54) is 0 Å². The first-order valence-corrected chi connectivity index (χ1v) is 8.99. The number of para-hydroxylation sites is 1. The summed E-state index contributed by atoms with van der Waals surface area (Å²) in [6.07, 6.45) is 0.553. The van der Waals surface area contributed by atoms with Gasteiger partial charge in [0, 0.05) is 23.5 Å². The molecule has 0 fully saturated rings. The van der Waals surface area contributed by atoms with Gasteiger partial charge in [0.2, 0.25) is 0 Å². The second kappa shape index (κ2) is 6.24. The van der Waals surface area contributed by atoms with Gasteiger partial charge in [0.15, 0.2) is 17.7 Å². The molecule has 5 nitrogen and oxygen atoms in total. The number of rotatable bonds is 3. The molecule has 2 atom stereocenters. The molecule has 0 saturated heterocycles.